The predicted molar refractivity (Wildman–Crippen MR) is 51.1 cm³/mol. The summed E-state index contributed by atoms with van der Waals surface area (Å²) in [6, 6.07) is 7.99. The van der Waals surface area contributed by atoms with Crippen LogP contribution in [0.5, 0.6) is 0 Å². The lowest BCUT2D eigenvalue weighted by atomic mass is 10.2. The van der Waals surface area contributed by atoms with Crippen molar-refractivity contribution in [2.24, 2.45) is 5.10 Å². The number of anilines is 1. The van der Waals surface area contributed by atoms with Crippen molar-refractivity contribution in [2.45, 2.75) is 0 Å². The first-order chi connectivity index (χ1) is 6.75. The summed E-state index contributed by atoms with van der Waals surface area (Å²) in [7, 11) is 0. The fraction of sp³-hybridized carbons (Fsp3) is 0. The van der Waals surface area contributed by atoms with Crippen LogP contribution in [-0.4, -0.2) is 17.3 Å². The largest absolute Gasteiger partial charge is 0.478 e. The van der Waals surface area contributed by atoms with E-state index in [1.807, 2.05) is 0 Å². The van der Waals surface area contributed by atoms with Crippen molar-refractivity contribution in [1.29, 1.82) is 5.26 Å². The Kier molecular flexibility index (Phi) is 3.21. The highest BCUT2D eigenvalue weighted by Crippen LogP contribution is 2.14. The summed E-state index contributed by atoms with van der Waals surface area (Å²) in [4.78, 5) is 10.7. The number of carbonyl (C=O) groups is 1. The third-order valence-corrected chi connectivity index (χ3v) is 1.46. The molecule has 5 heteroatoms. The van der Waals surface area contributed by atoms with Crippen LogP contribution in [-0.2, 0) is 0 Å². The average molecular weight is 189 g/mol. The van der Waals surface area contributed by atoms with Crippen LogP contribution in [0.25, 0.3) is 0 Å². The highest BCUT2D eigenvalue weighted by atomic mass is 16.4. The standard InChI is InChI=1S/C9H7N3O2/c10-5-6-11-12-8-4-2-1-3-7(8)9(13)14/h1-4,6,12H,(H,13,14)/b11-6-. The van der Waals surface area contributed by atoms with Gasteiger partial charge in [-0.15, -0.1) is 0 Å². The molecule has 14 heavy (non-hydrogen) atoms. The molecule has 1 aromatic rings. The van der Waals surface area contributed by atoms with Gasteiger partial charge in [0.2, 0.25) is 0 Å². The van der Waals surface area contributed by atoms with E-state index in [2.05, 4.69) is 10.5 Å². The van der Waals surface area contributed by atoms with Gasteiger partial charge in [0.25, 0.3) is 0 Å². The highest BCUT2D eigenvalue weighted by Gasteiger charge is 2.07. The Hall–Kier alpha value is -2.35. The SMILES string of the molecule is N#C/C=N\Nc1ccccc1C(=O)O. The maximum atomic E-state index is 10.7. The molecule has 0 aliphatic carbocycles. The third kappa shape index (κ3) is 2.32. The molecule has 0 heterocycles. The monoisotopic (exact) mass is 189 g/mol. The second kappa shape index (κ2) is 4.62. The molecule has 5 nitrogen and oxygen atoms in total. The summed E-state index contributed by atoms with van der Waals surface area (Å²) in [5.41, 5.74) is 2.93. The van der Waals surface area contributed by atoms with Crippen molar-refractivity contribution >= 4 is 17.9 Å². The molecule has 0 saturated carbocycles. The number of rotatable bonds is 3. The molecule has 0 amide bonds. The molecule has 0 bridgehead atoms. The summed E-state index contributed by atoms with van der Waals surface area (Å²) in [5, 5.41) is 20.4. The topological polar surface area (TPSA) is 85.5 Å². The Bertz CT molecular complexity index is 407. The van der Waals surface area contributed by atoms with E-state index in [-0.39, 0.29) is 5.56 Å². The van der Waals surface area contributed by atoms with Crippen LogP contribution in [0.2, 0.25) is 0 Å². The molecule has 0 unspecified atom stereocenters. The first-order valence-corrected chi connectivity index (χ1v) is 3.75. The van der Waals surface area contributed by atoms with Crippen LogP contribution < -0.4 is 5.43 Å². The van der Waals surface area contributed by atoms with Gasteiger partial charge in [-0.3, -0.25) is 5.43 Å². The van der Waals surface area contributed by atoms with E-state index in [9.17, 15) is 4.79 Å². The normalized spacial score (nSPS) is 9.64. The summed E-state index contributed by atoms with van der Waals surface area (Å²) in [6.07, 6.45) is 0.985. The lowest BCUT2D eigenvalue weighted by Gasteiger charge is -2.02. The summed E-state index contributed by atoms with van der Waals surface area (Å²) < 4.78 is 0. The second-order valence-electron chi connectivity index (χ2n) is 2.35. The summed E-state index contributed by atoms with van der Waals surface area (Å²) in [6.45, 7) is 0. The third-order valence-electron chi connectivity index (χ3n) is 1.46. The molecule has 0 fully saturated rings. The highest BCUT2D eigenvalue weighted by molar-refractivity contribution is 5.94. The van der Waals surface area contributed by atoms with E-state index in [1.54, 1.807) is 24.3 Å². The van der Waals surface area contributed by atoms with Crippen molar-refractivity contribution in [3.05, 3.63) is 29.8 Å². The number of hydrogen-bond donors (Lipinski definition) is 2. The Morgan fingerprint density at radius 2 is 2.29 bits per heavy atom. The van der Waals surface area contributed by atoms with Crippen LogP contribution in [0.4, 0.5) is 5.69 Å². The van der Waals surface area contributed by atoms with Crippen LogP contribution >= 0.6 is 0 Å². The molecule has 0 aliphatic heterocycles. The smallest absolute Gasteiger partial charge is 0.337 e. The van der Waals surface area contributed by atoms with Gasteiger partial charge in [0.1, 0.15) is 12.3 Å². The maximum absolute atomic E-state index is 10.7. The first kappa shape index (κ1) is 9.74. The number of aromatic carboxylic acids is 1. The minimum Gasteiger partial charge on any atom is -0.478 e. The zero-order valence-electron chi connectivity index (χ0n) is 7.14. The van der Waals surface area contributed by atoms with Gasteiger partial charge < -0.3 is 5.11 Å². The van der Waals surface area contributed by atoms with E-state index in [1.165, 1.54) is 6.07 Å². The van der Waals surface area contributed by atoms with Crippen molar-refractivity contribution in [1.82, 2.24) is 0 Å². The first-order valence-electron chi connectivity index (χ1n) is 3.75. The number of nitrogens with zero attached hydrogens (tertiary/aromatic N) is 2. The molecule has 2 N–H and O–H groups in total. The zero-order chi connectivity index (χ0) is 10.4. The predicted octanol–water partition coefficient (Wildman–Crippen LogP) is 1.31. The van der Waals surface area contributed by atoms with Crippen LogP contribution in [0.1, 0.15) is 10.4 Å². The number of para-hydroxylation sites is 1. The van der Waals surface area contributed by atoms with Crippen molar-refractivity contribution < 1.29 is 9.90 Å². The number of nitrogens with one attached hydrogen (secondary N) is 1. The Balaban J connectivity index is 2.91. The van der Waals surface area contributed by atoms with E-state index in [0.717, 1.165) is 6.21 Å². The van der Waals surface area contributed by atoms with Crippen molar-refractivity contribution in [3.63, 3.8) is 0 Å². The van der Waals surface area contributed by atoms with Crippen LogP contribution in [0.15, 0.2) is 29.4 Å². The van der Waals surface area contributed by atoms with E-state index >= 15 is 0 Å². The number of hydrogen-bond acceptors (Lipinski definition) is 4. The zero-order valence-corrected chi connectivity index (χ0v) is 7.14. The molecule has 1 aromatic carbocycles. The number of carboxylic acids is 1. The Morgan fingerprint density at radius 3 is 2.93 bits per heavy atom. The van der Waals surface area contributed by atoms with E-state index in [4.69, 9.17) is 10.4 Å². The van der Waals surface area contributed by atoms with Gasteiger partial charge in [-0.25, -0.2) is 4.79 Å². The van der Waals surface area contributed by atoms with Gasteiger partial charge in [-0.1, -0.05) is 12.1 Å². The molecule has 0 aliphatic rings. The summed E-state index contributed by atoms with van der Waals surface area (Å²) >= 11 is 0. The minimum absolute atomic E-state index is 0.114. The van der Waals surface area contributed by atoms with Gasteiger partial charge in [0.15, 0.2) is 0 Å². The molecular formula is C9H7N3O2. The number of carboxylic acid groups (broad SMARTS) is 1. The Morgan fingerprint density at radius 1 is 1.57 bits per heavy atom. The molecule has 0 atom stereocenters. The maximum Gasteiger partial charge on any atom is 0.337 e. The summed E-state index contributed by atoms with van der Waals surface area (Å²) in [5.74, 6) is -1.04. The number of nitriles is 1. The van der Waals surface area contributed by atoms with Crippen LogP contribution in [0.3, 0.4) is 0 Å². The van der Waals surface area contributed by atoms with E-state index in [0.29, 0.717) is 5.69 Å². The molecule has 1 rings (SSSR count). The minimum atomic E-state index is -1.04. The Labute approximate surface area is 80.3 Å². The van der Waals surface area contributed by atoms with Gasteiger partial charge in [0.05, 0.1) is 11.3 Å². The molecule has 0 saturated heterocycles. The van der Waals surface area contributed by atoms with Gasteiger partial charge in [0, 0.05) is 0 Å². The van der Waals surface area contributed by atoms with Gasteiger partial charge >= 0.3 is 5.97 Å². The average Bonchev–Trinajstić information content (AvgIpc) is 2.19. The fourth-order valence-corrected chi connectivity index (χ4v) is 0.898. The quantitative estimate of drug-likeness (QED) is 0.554. The number of benzene rings is 1. The molecule has 0 spiro atoms. The van der Waals surface area contributed by atoms with Crippen LogP contribution in [0, 0.1) is 11.3 Å². The van der Waals surface area contributed by atoms with Crippen molar-refractivity contribution in [2.75, 3.05) is 5.43 Å². The van der Waals surface area contributed by atoms with Gasteiger partial charge in [-0.05, 0) is 12.1 Å². The van der Waals surface area contributed by atoms with Crippen molar-refractivity contribution in [3.8, 4) is 6.07 Å². The lowest BCUT2D eigenvalue weighted by Crippen LogP contribution is -2.01. The molecule has 70 valence electrons. The molecule has 0 radical (unpaired) electrons. The number of hydrazone groups is 1. The second-order valence-corrected chi connectivity index (χ2v) is 2.35. The molecule has 0 aromatic heterocycles. The van der Waals surface area contributed by atoms with Gasteiger partial charge in [-0.2, -0.15) is 10.4 Å². The van der Waals surface area contributed by atoms with E-state index < -0.39 is 5.97 Å². The fourth-order valence-electron chi connectivity index (χ4n) is 0.898. The molecular weight excluding hydrogens is 182 g/mol. The lowest BCUT2D eigenvalue weighted by molar-refractivity contribution is 0.0698.